The fourth-order valence-electron chi connectivity index (χ4n) is 2.47. The van der Waals surface area contributed by atoms with Gasteiger partial charge in [0.15, 0.2) is 0 Å². The lowest BCUT2D eigenvalue weighted by molar-refractivity contribution is -0.116. The Kier molecular flexibility index (Phi) is 4.70. The van der Waals surface area contributed by atoms with Gasteiger partial charge in [-0.15, -0.1) is 11.8 Å². The molecule has 9 heteroatoms. The van der Waals surface area contributed by atoms with E-state index in [1.165, 1.54) is 30.8 Å². The van der Waals surface area contributed by atoms with E-state index in [9.17, 15) is 22.0 Å². The summed E-state index contributed by atoms with van der Waals surface area (Å²) in [5.74, 6) is -1.11. The van der Waals surface area contributed by atoms with Gasteiger partial charge in [-0.3, -0.25) is 9.52 Å². The van der Waals surface area contributed by atoms with Crippen LogP contribution in [-0.2, 0) is 14.8 Å². The fraction of sp³-hybridized carbons (Fsp3) is 0.188. The van der Waals surface area contributed by atoms with Crippen molar-refractivity contribution in [3.8, 4) is 0 Å². The Balaban J connectivity index is 1.96. The Morgan fingerprint density at radius 1 is 1.20 bits per heavy atom. The van der Waals surface area contributed by atoms with Crippen LogP contribution in [0.3, 0.4) is 0 Å². The highest BCUT2D eigenvalue weighted by molar-refractivity contribution is 7.99. The average molecular weight is 384 g/mol. The summed E-state index contributed by atoms with van der Waals surface area (Å²) in [5, 5.41) is 0. The first-order valence-electron chi connectivity index (χ1n) is 7.31. The Morgan fingerprint density at radius 3 is 2.68 bits per heavy atom. The van der Waals surface area contributed by atoms with Crippen LogP contribution < -0.4 is 9.62 Å². The van der Waals surface area contributed by atoms with Gasteiger partial charge in [0.1, 0.15) is 11.6 Å². The standard InChI is InChI=1S/C16H14F2N2O3S2/c1-10(21)20-6-7-24-16-9-12(3-5-15(16)20)25(22,23)19-14-8-11(17)2-4-13(14)18/h2-5,8-9,19H,6-7H2,1H3. The largest absolute Gasteiger partial charge is 0.311 e. The molecule has 0 bridgehead atoms. The first-order valence-corrected chi connectivity index (χ1v) is 9.77. The van der Waals surface area contributed by atoms with Gasteiger partial charge < -0.3 is 4.90 Å². The van der Waals surface area contributed by atoms with Crippen molar-refractivity contribution in [2.45, 2.75) is 16.7 Å². The summed E-state index contributed by atoms with van der Waals surface area (Å²) >= 11 is 1.43. The molecule has 0 saturated carbocycles. The van der Waals surface area contributed by atoms with E-state index < -0.39 is 27.3 Å². The van der Waals surface area contributed by atoms with Gasteiger partial charge in [-0.2, -0.15) is 0 Å². The highest BCUT2D eigenvalue weighted by Gasteiger charge is 2.24. The molecular formula is C16H14F2N2O3S2. The number of benzene rings is 2. The van der Waals surface area contributed by atoms with Gasteiger partial charge in [0.2, 0.25) is 5.91 Å². The molecule has 1 aliphatic heterocycles. The second-order valence-corrected chi connectivity index (χ2v) is 8.20. The van der Waals surface area contributed by atoms with E-state index in [0.717, 1.165) is 18.2 Å². The second-order valence-electron chi connectivity index (χ2n) is 5.38. The number of anilines is 2. The maximum absolute atomic E-state index is 13.7. The van der Waals surface area contributed by atoms with E-state index in [2.05, 4.69) is 4.72 Å². The quantitative estimate of drug-likeness (QED) is 0.882. The minimum atomic E-state index is -4.10. The third-order valence-corrected chi connectivity index (χ3v) is 6.05. The van der Waals surface area contributed by atoms with E-state index in [1.807, 2.05) is 0 Å². The van der Waals surface area contributed by atoms with Crippen molar-refractivity contribution in [2.24, 2.45) is 0 Å². The van der Waals surface area contributed by atoms with Crippen LogP contribution in [0.25, 0.3) is 0 Å². The van der Waals surface area contributed by atoms with Crippen LogP contribution in [0, 0.1) is 11.6 Å². The minimum absolute atomic E-state index is 0.0900. The van der Waals surface area contributed by atoms with Gasteiger partial charge >= 0.3 is 0 Å². The summed E-state index contributed by atoms with van der Waals surface area (Å²) in [4.78, 5) is 13.8. The molecule has 0 aliphatic carbocycles. The SMILES string of the molecule is CC(=O)N1CCSc2cc(S(=O)(=O)Nc3cc(F)ccc3F)ccc21. The molecule has 0 aromatic heterocycles. The molecule has 0 fully saturated rings. The fourth-order valence-corrected chi connectivity index (χ4v) is 4.66. The number of thioether (sulfide) groups is 1. The Labute approximate surface area is 148 Å². The first kappa shape index (κ1) is 17.7. The Hall–Kier alpha value is -2.13. The number of halogens is 2. The van der Waals surface area contributed by atoms with Gasteiger partial charge in [-0.25, -0.2) is 17.2 Å². The molecule has 0 radical (unpaired) electrons. The lowest BCUT2D eigenvalue weighted by atomic mass is 10.2. The number of amides is 1. The van der Waals surface area contributed by atoms with Crippen LogP contribution >= 0.6 is 11.8 Å². The Morgan fingerprint density at radius 2 is 1.96 bits per heavy atom. The van der Waals surface area contributed by atoms with Crippen LogP contribution in [0.4, 0.5) is 20.2 Å². The molecule has 1 aliphatic rings. The lowest BCUT2D eigenvalue weighted by Crippen LogP contribution is -2.33. The normalized spacial score (nSPS) is 14.1. The zero-order chi connectivity index (χ0) is 18.2. The Bertz CT molecular complexity index is 948. The molecule has 1 heterocycles. The number of rotatable bonds is 3. The van der Waals surface area contributed by atoms with Crippen LogP contribution in [0.2, 0.25) is 0 Å². The number of hydrogen-bond donors (Lipinski definition) is 1. The molecule has 0 saturated heterocycles. The molecule has 0 unspecified atom stereocenters. The number of fused-ring (bicyclic) bond motifs is 1. The predicted octanol–water partition coefficient (Wildman–Crippen LogP) is 3.22. The summed E-state index contributed by atoms with van der Waals surface area (Å²) in [6.07, 6.45) is 0. The van der Waals surface area contributed by atoms with Gasteiger partial charge in [0.25, 0.3) is 10.0 Å². The average Bonchev–Trinajstić information content (AvgIpc) is 2.56. The van der Waals surface area contributed by atoms with E-state index in [1.54, 1.807) is 11.0 Å². The highest BCUT2D eigenvalue weighted by atomic mass is 32.2. The molecule has 1 amide bonds. The van der Waals surface area contributed by atoms with E-state index >= 15 is 0 Å². The molecule has 1 N–H and O–H groups in total. The first-order chi connectivity index (χ1) is 11.8. The third-order valence-electron chi connectivity index (χ3n) is 3.66. The zero-order valence-corrected chi connectivity index (χ0v) is 14.8. The number of nitrogens with zero attached hydrogens (tertiary/aromatic N) is 1. The van der Waals surface area contributed by atoms with E-state index in [-0.39, 0.29) is 10.8 Å². The number of sulfonamides is 1. The van der Waals surface area contributed by atoms with Gasteiger partial charge in [0, 0.05) is 30.2 Å². The summed E-state index contributed by atoms with van der Waals surface area (Å²) in [7, 11) is -4.10. The van der Waals surface area contributed by atoms with Crippen molar-refractivity contribution in [3.63, 3.8) is 0 Å². The number of carbonyl (C=O) groups excluding carboxylic acids is 1. The maximum atomic E-state index is 13.7. The molecule has 25 heavy (non-hydrogen) atoms. The van der Waals surface area contributed by atoms with Crippen molar-refractivity contribution >= 4 is 39.1 Å². The zero-order valence-electron chi connectivity index (χ0n) is 13.1. The maximum Gasteiger partial charge on any atom is 0.262 e. The van der Waals surface area contributed by atoms with E-state index in [0.29, 0.717) is 22.9 Å². The van der Waals surface area contributed by atoms with Crippen LogP contribution in [0.1, 0.15) is 6.92 Å². The number of carbonyl (C=O) groups is 1. The van der Waals surface area contributed by atoms with Crippen molar-refractivity contribution in [1.29, 1.82) is 0 Å². The number of hydrogen-bond acceptors (Lipinski definition) is 4. The second kappa shape index (κ2) is 6.64. The van der Waals surface area contributed by atoms with Gasteiger partial charge in [-0.1, -0.05) is 0 Å². The van der Waals surface area contributed by atoms with E-state index in [4.69, 9.17) is 0 Å². The molecular weight excluding hydrogens is 370 g/mol. The highest BCUT2D eigenvalue weighted by Crippen LogP contribution is 2.36. The van der Waals surface area contributed by atoms with Crippen molar-refractivity contribution < 1.29 is 22.0 Å². The molecule has 132 valence electrons. The van der Waals surface area contributed by atoms with Crippen LogP contribution in [0.15, 0.2) is 46.2 Å². The lowest BCUT2D eigenvalue weighted by Gasteiger charge is -2.28. The smallest absolute Gasteiger partial charge is 0.262 e. The summed E-state index contributed by atoms with van der Waals surface area (Å²) in [5.41, 5.74) is 0.176. The molecule has 0 atom stereocenters. The van der Waals surface area contributed by atoms with Gasteiger partial charge in [0.05, 0.1) is 16.3 Å². The van der Waals surface area contributed by atoms with Crippen molar-refractivity contribution in [2.75, 3.05) is 21.9 Å². The summed E-state index contributed by atoms with van der Waals surface area (Å²) in [6, 6.07) is 6.82. The minimum Gasteiger partial charge on any atom is -0.311 e. The molecule has 3 rings (SSSR count). The summed E-state index contributed by atoms with van der Waals surface area (Å²) in [6.45, 7) is 1.99. The molecule has 5 nitrogen and oxygen atoms in total. The summed E-state index contributed by atoms with van der Waals surface area (Å²) < 4.78 is 53.9. The van der Waals surface area contributed by atoms with Crippen LogP contribution in [0.5, 0.6) is 0 Å². The molecule has 2 aromatic carbocycles. The molecule has 0 spiro atoms. The van der Waals surface area contributed by atoms with Crippen LogP contribution in [-0.4, -0.2) is 26.6 Å². The third kappa shape index (κ3) is 3.62. The van der Waals surface area contributed by atoms with Crippen molar-refractivity contribution in [3.05, 3.63) is 48.0 Å². The monoisotopic (exact) mass is 384 g/mol. The number of nitrogens with one attached hydrogen (secondary N) is 1. The molecule has 2 aromatic rings. The van der Waals surface area contributed by atoms with Crippen molar-refractivity contribution in [1.82, 2.24) is 0 Å². The van der Waals surface area contributed by atoms with Gasteiger partial charge in [-0.05, 0) is 30.3 Å². The topological polar surface area (TPSA) is 66.5 Å². The predicted molar refractivity (Wildman–Crippen MR) is 92.4 cm³/mol.